The van der Waals surface area contributed by atoms with E-state index < -0.39 is 11.6 Å². The van der Waals surface area contributed by atoms with Crippen LogP contribution in [0.4, 0.5) is 26.0 Å². The third-order valence-electron chi connectivity index (χ3n) is 7.42. The van der Waals surface area contributed by atoms with Gasteiger partial charge in [0.25, 0.3) is 0 Å². The van der Waals surface area contributed by atoms with Crippen molar-refractivity contribution in [2.24, 2.45) is 5.92 Å². The van der Waals surface area contributed by atoms with E-state index in [2.05, 4.69) is 32.1 Å². The van der Waals surface area contributed by atoms with Gasteiger partial charge < -0.3 is 15.0 Å². The fourth-order valence-corrected chi connectivity index (χ4v) is 5.09. The van der Waals surface area contributed by atoms with Crippen LogP contribution in [-0.4, -0.2) is 40.1 Å². The third-order valence-corrected chi connectivity index (χ3v) is 7.42. The van der Waals surface area contributed by atoms with E-state index in [4.69, 9.17) is 9.72 Å². The van der Waals surface area contributed by atoms with E-state index in [1.165, 1.54) is 6.07 Å². The maximum atomic E-state index is 15.4. The van der Waals surface area contributed by atoms with Crippen LogP contribution in [-0.2, 0) is 0 Å². The van der Waals surface area contributed by atoms with Gasteiger partial charge in [0.05, 0.1) is 47.0 Å². The molecule has 1 aliphatic rings. The Balaban J connectivity index is 1.55. The number of rotatable bonds is 7. The molecule has 0 unspecified atom stereocenters. The number of nitrogens with one attached hydrogen (secondary N) is 1. The van der Waals surface area contributed by atoms with Crippen LogP contribution in [0.2, 0.25) is 0 Å². The maximum Gasteiger partial charge on any atom is 0.137 e. The van der Waals surface area contributed by atoms with Gasteiger partial charge in [-0.3, -0.25) is 9.97 Å². The molecule has 1 aromatic carbocycles. The predicted molar refractivity (Wildman–Crippen MR) is 153 cm³/mol. The Labute approximate surface area is 230 Å². The zero-order valence-electron chi connectivity index (χ0n) is 22.4. The molecule has 9 heteroatoms. The van der Waals surface area contributed by atoms with Gasteiger partial charge >= 0.3 is 0 Å². The van der Waals surface area contributed by atoms with E-state index in [1.807, 2.05) is 37.3 Å². The molecule has 0 aliphatic carbocycles. The van der Waals surface area contributed by atoms with Crippen molar-refractivity contribution >= 4 is 28.1 Å². The first-order valence-electron chi connectivity index (χ1n) is 13.2. The van der Waals surface area contributed by atoms with Crippen LogP contribution in [0.15, 0.2) is 67.3 Å². The lowest BCUT2D eigenvalue weighted by molar-refractivity contribution is 0.396. The largest absolute Gasteiger partial charge is 0.495 e. The van der Waals surface area contributed by atoms with Crippen LogP contribution in [0.3, 0.4) is 0 Å². The zero-order valence-corrected chi connectivity index (χ0v) is 22.4. The maximum absolute atomic E-state index is 15.4. The highest BCUT2D eigenvalue weighted by molar-refractivity contribution is 5.99. The molecule has 0 radical (unpaired) electrons. The van der Waals surface area contributed by atoms with Gasteiger partial charge in [0.15, 0.2) is 0 Å². The first kappa shape index (κ1) is 25.6. The van der Waals surface area contributed by atoms with E-state index in [0.717, 1.165) is 42.5 Å². The van der Waals surface area contributed by atoms with Crippen molar-refractivity contribution in [2.75, 3.05) is 30.4 Å². The number of hydrogen-bond acceptors (Lipinski definition) is 7. The molecule has 1 aliphatic heterocycles. The highest BCUT2D eigenvalue weighted by atomic mass is 19.1. The summed E-state index contributed by atoms with van der Waals surface area (Å²) < 4.78 is 35.2. The van der Waals surface area contributed by atoms with Crippen molar-refractivity contribution in [3.8, 4) is 28.3 Å². The van der Waals surface area contributed by atoms with Crippen molar-refractivity contribution in [3.05, 3.63) is 84.4 Å². The van der Waals surface area contributed by atoms with Crippen molar-refractivity contribution in [1.82, 2.24) is 19.9 Å². The normalized spacial score (nSPS) is 13.4. The number of anilines is 3. The van der Waals surface area contributed by atoms with E-state index >= 15 is 4.39 Å². The Morgan fingerprint density at radius 2 is 1.90 bits per heavy atom. The Kier molecular flexibility index (Phi) is 6.71. The highest BCUT2D eigenvalue weighted by Gasteiger charge is 2.27. The van der Waals surface area contributed by atoms with E-state index in [9.17, 15) is 4.39 Å². The minimum absolute atomic E-state index is 0.193. The summed E-state index contributed by atoms with van der Waals surface area (Å²) in [4.78, 5) is 20.4. The quantitative estimate of drug-likeness (QED) is 0.241. The van der Waals surface area contributed by atoms with Gasteiger partial charge in [-0.1, -0.05) is 13.0 Å². The van der Waals surface area contributed by atoms with Crippen LogP contribution in [0.5, 0.6) is 5.75 Å². The molecule has 0 amide bonds. The van der Waals surface area contributed by atoms with Gasteiger partial charge in [0.2, 0.25) is 0 Å². The summed E-state index contributed by atoms with van der Waals surface area (Å²) >= 11 is 0. The second kappa shape index (κ2) is 10.5. The predicted octanol–water partition coefficient (Wildman–Crippen LogP) is 6.94. The highest BCUT2D eigenvalue weighted by Crippen LogP contribution is 2.40. The number of benzene rings is 1. The van der Waals surface area contributed by atoms with Crippen LogP contribution in [0.25, 0.3) is 33.4 Å². The molecule has 0 bridgehead atoms. The van der Waals surface area contributed by atoms with Gasteiger partial charge in [-0.2, -0.15) is 0 Å². The van der Waals surface area contributed by atoms with Crippen LogP contribution >= 0.6 is 0 Å². The summed E-state index contributed by atoms with van der Waals surface area (Å²) in [5, 5.41) is 3.69. The number of hydrogen-bond donors (Lipinski definition) is 1. The number of ether oxygens (including phenoxy) is 1. The molecule has 6 rings (SSSR count). The Bertz CT molecular complexity index is 1710. The average molecular weight is 539 g/mol. The first-order chi connectivity index (χ1) is 19.4. The molecular formula is C31H28F2N6O. The number of halogens is 2. The minimum atomic E-state index is -0.701. The molecule has 5 aromatic rings. The molecule has 0 atom stereocenters. The fraction of sp³-hybridized carbons (Fsp3) is 0.226. The van der Waals surface area contributed by atoms with Crippen molar-refractivity contribution in [1.29, 1.82) is 0 Å². The fourth-order valence-electron chi connectivity index (χ4n) is 5.09. The minimum Gasteiger partial charge on any atom is -0.495 e. The lowest BCUT2D eigenvalue weighted by Gasteiger charge is -2.40. The number of nitrogens with zero attached hydrogens (tertiary/aromatic N) is 5. The van der Waals surface area contributed by atoms with E-state index in [0.29, 0.717) is 40.0 Å². The van der Waals surface area contributed by atoms with E-state index in [-0.39, 0.29) is 10.9 Å². The lowest BCUT2D eigenvalue weighted by atomic mass is 9.97. The van der Waals surface area contributed by atoms with Crippen molar-refractivity contribution < 1.29 is 13.5 Å². The van der Waals surface area contributed by atoms with Gasteiger partial charge in [-0.25, -0.2) is 18.7 Å². The molecule has 4 aromatic heterocycles. The average Bonchev–Trinajstić information content (AvgIpc) is 2.94. The Hall–Kier alpha value is -4.66. The summed E-state index contributed by atoms with van der Waals surface area (Å²) in [6, 6.07) is 11.5. The molecule has 5 heterocycles. The summed E-state index contributed by atoms with van der Waals surface area (Å²) in [7, 11) is 1.59. The molecule has 1 N–H and O–H groups in total. The monoisotopic (exact) mass is 538 g/mol. The molecule has 1 saturated heterocycles. The molecule has 202 valence electrons. The smallest absolute Gasteiger partial charge is 0.137 e. The second-order valence-electron chi connectivity index (χ2n) is 9.96. The summed E-state index contributed by atoms with van der Waals surface area (Å²) in [6.45, 7) is 5.91. The molecule has 40 heavy (non-hydrogen) atoms. The summed E-state index contributed by atoms with van der Waals surface area (Å²) in [5.74, 6) is 0.659. The number of aromatic nitrogens is 4. The topological polar surface area (TPSA) is 76.1 Å². The van der Waals surface area contributed by atoms with Gasteiger partial charge in [0, 0.05) is 66.6 Å². The van der Waals surface area contributed by atoms with Crippen molar-refractivity contribution in [3.63, 3.8) is 0 Å². The molecule has 1 fully saturated rings. The van der Waals surface area contributed by atoms with E-state index in [1.54, 1.807) is 31.9 Å². The summed E-state index contributed by atoms with van der Waals surface area (Å²) in [5.41, 5.74) is 4.73. The first-order valence-corrected chi connectivity index (χ1v) is 13.2. The third kappa shape index (κ3) is 4.68. The standard InChI is InChI=1S/C31H28F2N6O/c1-4-19-16-39(17-19)28-12-26(23(15-36-28)20-9-22(40-3)14-34-13-20)37-31-18(2)30(25-7-5-6-8-35-25)38-27-11-21(32)10-24(33)29(27)31/h5-15,19H,4,16-17H2,1-3H3,(H,36,37,38). The SMILES string of the molecule is CCC1CN(c2cc(Nc3c(C)c(-c4ccccn4)nc4cc(F)cc(F)c34)c(-c3cncc(OC)c3)cn2)C1. The summed E-state index contributed by atoms with van der Waals surface area (Å²) in [6.07, 6.45) is 7.94. The Morgan fingerprint density at radius 3 is 2.65 bits per heavy atom. The number of fused-ring (bicyclic) bond motifs is 1. The number of methoxy groups -OCH3 is 1. The van der Waals surface area contributed by atoms with Gasteiger partial charge in [-0.05, 0) is 37.5 Å². The van der Waals surface area contributed by atoms with Crippen molar-refractivity contribution in [2.45, 2.75) is 20.3 Å². The molecule has 7 nitrogen and oxygen atoms in total. The van der Waals surface area contributed by atoms with Crippen LogP contribution < -0.4 is 15.0 Å². The van der Waals surface area contributed by atoms with Gasteiger partial charge in [-0.15, -0.1) is 0 Å². The molecule has 0 saturated carbocycles. The van der Waals surface area contributed by atoms with Gasteiger partial charge in [0.1, 0.15) is 23.2 Å². The molecular weight excluding hydrogens is 510 g/mol. The Morgan fingerprint density at radius 1 is 1.05 bits per heavy atom. The number of pyridine rings is 4. The van der Waals surface area contributed by atoms with Crippen LogP contribution in [0.1, 0.15) is 18.9 Å². The van der Waals surface area contributed by atoms with Crippen LogP contribution in [0, 0.1) is 24.5 Å². The zero-order chi connectivity index (χ0) is 27.8. The second-order valence-corrected chi connectivity index (χ2v) is 9.96. The molecule has 0 spiro atoms. The lowest BCUT2D eigenvalue weighted by Crippen LogP contribution is -2.46.